The third-order valence-electron chi connectivity index (χ3n) is 2.07. The van der Waals surface area contributed by atoms with Gasteiger partial charge in [-0.2, -0.15) is 0 Å². The molecule has 0 fully saturated rings. The summed E-state index contributed by atoms with van der Waals surface area (Å²) in [6, 6.07) is 14.3. The van der Waals surface area contributed by atoms with Crippen molar-refractivity contribution in [2.24, 2.45) is 0 Å². The Hall–Kier alpha value is -0.960. The van der Waals surface area contributed by atoms with Crippen LogP contribution < -0.4 is 40.4 Å². The van der Waals surface area contributed by atoms with Crippen LogP contribution in [-0.4, -0.2) is 0 Å². The Morgan fingerprint density at radius 2 is 1.53 bits per heavy atom. The molecule has 0 saturated heterocycles. The molecule has 3 heteroatoms. The van der Waals surface area contributed by atoms with Crippen molar-refractivity contribution in [2.45, 2.75) is 0 Å². The second kappa shape index (κ2) is 5.21. The summed E-state index contributed by atoms with van der Waals surface area (Å²) < 4.78 is 0. The van der Waals surface area contributed by atoms with Gasteiger partial charge in [-0.3, -0.25) is 0 Å². The summed E-state index contributed by atoms with van der Waals surface area (Å²) in [7, 11) is 0. The molecule has 70 valence electrons. The van der Waals surface area contributed by atoms with Crippen molar-refractivity contribution in [1.29, 1.82) is 0 Å². The van der Waals surface area contributed by atoms with Gasteiger partial charge in [-0.1, -0.05) is 36.4 Å². The van der Waals surface area contributed by atoms with Crippen molar-refractivity contribution in [3.05, 3.63) is 48.5 Å². The third-order valence-corrected chi connectivity index (χ3v) is 2.07. The van der Waals surface area contributed by atoms with E-state index >= 15 is 0 Å². The summed E-state index contributed by atoms with van der Waals surface area (Å²) >= 11 is 0. The number of nitrogen functional groups attached to an aromatic ring is 1. The van der Waals surface area contributed by atoms with Gasteiger partial charge in [-0.15, -0.1) is 5.75 Å². The molecular weight excluding hydrogens is 197 g/mol. The fraction of sp³-hybridized carbons (Fsp3) is 0. The predicted octanol–water partition coefficient (Wildman–Crippen LogP) is -0.987. The van der Waals surface area contributed by atoms with E-state index in [1.165, 1.54) is 0 Å². The monoisotopic (exact) mass is 207 g/mol. The Morgan fingerprint density at radius 3 is 2.13 bits per heavy atom. The summed E-state index contributed by atoms with van der Waals surface area (Å²) in [6.45, 7) is 0. The molecule has 0 atom stereocenters. The molecule has 0 bridgehead atoms. The summed E-state index contributed by atoms with van der Waals surface area (Å²) in [5, 5.41) is 10.9. The van der Waals surface area contributed by atoms with E-state index in [9.17, 15) is 5.11 Å². The van der Waals surface area contributed by atoms with Gasteiger partial charge in [0.2, 0.25) is 0 Å². The number of nitrogens with two attached hydrogens (primary N) is 1. The summed E-state index contributed by atoms with van der Waals surface area (Å²) in [5.41, 5.74) is 8.44. The molecule has 2 aromatic rings. The van der Waals surface area contributed by atoms with Gasteiger partial charge < -0.3 is 10.8 Å². The summed E-state index contributed by atoms with van der Waals surface area (Å²) in [5.74, 6) is 0.0256. The van der Waals surface area contributed by atoms with E-state index in [0.29, 0.717) is 0 Å². The Labute approximate surface area is 111 Å². The van der Waals surface area contributed by atoms with Crippen LogP contribution in [0.4, 0.5) is 5.69 Å². The van der Waals surface area contributed by atoms with Gasteiger partial charge in [0.15, 0.2) is 0 Å². The van der Waals surface area contributed by atoms with Crippen molar-refractivity contribution in [2.75, 3.05) is 5.73 Å². The van der Waals surface area contributed by atoms with Crippen LogP contribution >= 0.6 is 0 Å². The Balaban J connectivity index is 0.00000112. The topological polar surface area (TPSA) is 49.1 Å². The minimum absolute atomic E-state index is 0. The first-order chi connectivity index (χ1) is 6.75. The van der Waals surface area contributed by atoms with Gasteiger partial charge in [0.25, 0.3) is 0 Å². The van der Waals surface area contributed by atoms with Crippen LogP contribution in [0, 0.1) is 0 Å². The molecule has 0 spiro atoms. The molecule has 0 unspecified atom stereocenters. The van der Waals surface area contributed by atoms with Crippen LogP contribution in [0.1, 0.15) is 0 Å². The van der Waals surface area contributed by atoms with E-state index in [1.54, 1.807) is 24.3 Å². The minimum atomic E-state index is 0. The first-order valence-corrected chi connectivity index (χ1v) is 4.39. The van der Waals surface area contributed by atoms with Crippen molar-refractivity contribution in [3.63, 3.8) is 0 Å². The molecule has 0 saturated carbocycles. The van der Waals surface area contributed by atoms with Gasteiger partial charge >= 0.3 is 29.6 Å². The number of anilines is 1. The Morgan fingerprint density at radius 1 is 0.867 bits per heavy atom. The van der Waals surface area contributed by atoms with E-state index in [-0.39, 0.29) is 35.3 Å². The zero-order valence-electron chi connectivity index (χ0n) is 8.60. The largest absolute Gasteiger partial charge is 1.00 e. The maximum absolute atomic E-state index is 10.9. The first-order valence-electron chi connectivity index (χ1n) is 4.39. The quantitative estimate of drug-likeness (QED) is 0.482. The third kappa shape index (κ3) is 2.99. The molecule has 2 aromatic carbocycles. The average Bonchev–Trinajstić information content (AvgIpc) is 2.19. The standard InChI is InChI=1S/C12H11NO.Na/c13-11-3-1-2-10(8-11)9-4-6-12(14)7-5-9;/h1-8,14H,13H2;/q;+1/p-1. The SMILES string of the molecule is Nc1cccc(-c2ccc([O-])cc2)c1.[Na+]. The van der Waals surface area contributed by atoms with Crippen LogP contribution in [0.25, 0.3) is 11.1 Å². The van der Waals surface area contributed by atoms with Crippen LogP contribution in [0.2, 0.25) is 0 Å². The van der Waals surface area contributed by atoms with Crippen molar-refractivity contribution < 1.29 is 34.7 Å². The summed E-state index contributed by atoms with van der Waals surface area (Å²) in [6.07, 6.45) is 0. The molecule has 0 aliphatic rings. The van der Waals surface area contributed by atoms with Crippen molar-refractivity contribution in [1.82, 2.24) is 0 Å². The van der Waals surface area contributed by atoms with Crippen molar-refractivity contribution >= 4 is 5.69 Å². The molecule has 2 rings (SSSR count). The number of hydrogen-bond donors (Lipinski definition) is 1. The second-order valence-corrected chi connectivity index (χ2v) is 3.15. The molecule has 2 nitrogen and oxygen atoms in total. The Kier molecular flexibility index (Phi) is 4.21. The number of rotatable bonds is 1. The van der Waals surface area contributed by atoms with E-state index < -0.39 is 0 Å². The van der Waals surface area contributed by atoms with Gasteiger partial charge in [-0.25, -0.2) is 0 Å². The zero-order chi connectivity index (χ0) is 9.97. The molecule has 0 aromatic heterocycles. The summed E-state index contributed by atoms with van der Waals surface area (Å²) in [4.78, 5) is 0. The van der Waals surface area contributed by atoms with Crippen LogP contribution in [-0.2, 0) is 0 Å². The molecule has 0 heterocycles. The van der Waals surface area contributed by atoms with Crippen LogP contribution in [0.15, 0.2) is 48.5 Å². The maximum Gasteiger partial charge on any atom is 1.00 e. The molecule has 0 aliphatic heterocycles. The first kappa shape index (κ1) is 12.1. The number of benzene rings is 2. The van der Waals surface area contributed by atoms with Gasteiger partial charge in [-0.05, 0) is 23.3 Å². The smallest absolute Gasteiger partial charge is 0.872 e. The molecule has 0 amide bonds. The van der Waals surface area contributed by atoms with Crippen LogP contribution in [0.3, 0.4) is 0 Å². The second-order valence-electron chi connectivity index (χ2n) is 3.15. The van der Waals surface area contributed by atoms with Gasteiger partial charge in [0.05, 0.1) is 0 Å². The molecule has 0 radical (unpaired) electrons. The maximum atomic E-state index is 10.9. The minimum Gasteiger partial charge on any atom is -0.872 e. The Bertz CT molecular complexity index is 440. The molecule has 0 aliphatic carbocycles. The normalized spacial score (nSPS) is 9.33. The fourth-order valence-electron chi connectivity index (χ4n) is 1.37. The van der Waals surface area contributed by atoms with Crippen LogP contribution in [0.5, 0.6) is 5.75 Å². The zero-order valence-corrected chi connectivity index (χ0v) is 10.6. The molecule has 2 N–H and O–H groups in total. The van der Waals surface area contributed by atoms with Gasteiger partial charge in [0.1, 0.15) is 0 Å². The van der Waals surface area contributed by atoms with Gasteiger partial charge in [0, 0.05) is 5.69 Å². The fourth-order valence-corrected chi connectivity index (χ4v) is 1.37. The van der Waals surface area contributed by atoms with E-state index in [4.69, 9.17) is 5.73 Å². The van der Waals surface area contributed by atoms with E-state index in [2.05, 4.69) is 0 Å². The van der Waals surface area contributed by atoms with E-state index in [0.717, 1.165) is 16.8 Å². The van der Waals surface area contributed by atoms with E-state index in [1.807, 2.05) is 24.3 Å². The average molecular weight is 207 g/mol. The molecular formula is C12H10NNaO. The predicted molar refractivity (Wildman–Crippen MR) is 55.7 cm³/mol. The number of hydrogen-bond acceptors (Lipinski definition) is 2. The molecule has 15 heavy (non-hydrogen) atoms. The van der Waals surface area contributed by atoms with Crippen molar-refractivity contribution in [3.8, 4) is 16.9 Å².